The van der Waals surface area contributed by atoms with E-state index in [0.29, 0.717) is 31.9 Å². The Morgan fingerprint density at radius 2 is 1.72 bits per heavy atom. The summed E-state index contributed by atoms with van der Waals surface area (Å²) >= 11 is 0. The molecular formula is C20H23N3O5S. The molecule has 9 heteroatoms. The SMILES string of the molecule is O=[N+]([O-])c1ccc(Oc2ccc3c(c2)CCCC3)c(S(=O)(=O)N2CCNCC2)c1. The third kappa shape index (κ3) is 4.12. The van der Waals surface area contributed by atoms with Crippen molar-refractivity contribution in [1.82, 2.24) is 9.62 Å². The number of ether oxygens (including phenoxy) is 1. The van der Waals surface area contributed by atoms with Crippen LogP contribution in [0.2, 0.25) is 0 Å². The summed E-state index contributed by atoms with van der Waals surface area (Å²) in [5.74, 6) is 0.640. The highest BCUT2D eigenvalue weighted by atomic mass is 32.2. The molecule has 1 aliphatic heterocycles. The van der Waals surface area contributed by atoms with Crippen molar-refractivity contribution < 1.29 is 18.1 Å². The molecule has 0 unspecified atom stereocenters. The quantitative estimate of drug-likeness (QED) is 0.593. The van der Waals surface area contributed by atoms with Crippen molar-refractivity contribution in [2.45, 2.75) is 30.6 Å². The molecule has 2 aliphatic rings. The Bertz CT molecular complexity index is 1030. The Hall–Kier alpha value is -2.49. The molecule has 1 saturated heterocycles. The Labute approximate surface area is 169 Å². The van der Waals surface area contributed by atoms with Gasteiger partial charge in [0.1, 0.15) is 16.4 Å². The molecule has 1 aliphatic carbocycles. The Kier molecular flexibility index (Phi) is 5.53. The zero-order valence-corrected chi connectivity index (χ0v) is 16.8. The van der Waals surface area contributed by atoms with Gasteiger partial charge in [0.2, 0.25) is 10.0 Å². The van der Waals surface area contributed by atoms with Crippen LogP contribution in [0, 0.1) is 10.1 Å². The van der Waals surface area contributed by atoms with Crippen LogP contribution in [-0.2, 0) is 22.9 Å². The second-order valence-electron chi connectivity index (χ2n) is 7.28. The summed E-state index contributed by atoms with van der Waals surface area (Å²) in [5.41, 5.74) is 2.22. The van der Waals surface area contributed by atoms with Gasteiger partial charge in [-0.05, 0) is 55.0 Å². The number of benzene rings is 2. The molecule has 154 valence electrons. The maximum Gasteiger partial charge on any atom is 0.271 e. The minimum atomic E-state index is -3.92. The molecule has 0 amide bonds. The molecule has 0 radical (unpaired) electrons. The van der Waals surface area contributed by atoms with Gasteiger partial charge in [0.15, 0.2) is 0 Å². The molecule has 0 spiro atoms. The van der Waals surface area contributed by atoms with Crippen molar-refractivity contribution in [1.29, 1.82) is 0 Å². The molecule has 0 aromatic heterocycles. The van der Waals surface area contributed by atoms with E-state index < -0.39 is 14.9 Å². The predicted octanol–water partition coefficient (Wildman–Crippen LogP) is 2.86. The standard InChI is InChI=1S/C20H23N3O5S/c24-23(25)17-6-8-19(20(14-17)29(26,27)22-11-9-21-10-12-22)28-18-7-5-15-3-1-2-4-16(15)13-18/h5-8,13-14,21H,1-4,9-12H2. The van der Waals surface area contributed by atoms with E-state index in [0.717, 1.165) is 25.3 Å². The summed E-state index contributed by atoms with van der Waals surface area (Å²) < 4.78 is 33.7. The van der Waals surface area contributed by atoms with Crippen molar-refractivity contribution in [3.8, 4) is 11.5 Å². The van der Waals surface area contributed by atoms with Crippen LogP contribution in [0.15, 0.2) is 41.3 Å². The normalized spacial score (nSPS) is 17.5. The molecular weight excluding hydrogens is 394 g/mol. The molecule has 0 saturated carbocycles. The van der Waals surface area contributed by atoms with Crippen LogP contribution in [0.3, 0.4) is 0 Å². The molecule has 0 bridgehead atoms. The van der Waals surface area contributed by atoms with Crippen molar-refractivity contribution in [2.24, 2.45) is 0 Å². The lowest BCUT2D eigenvalue weighted by Crippen LogP contribution is -2.46. The van der Waals surface area contributed by atoms with Gasteiger partial charge in [-0.2, -0.15) is 4.31 Å². The first-order valence-corrected chi connectivity index (χ1v) is 11.2. The Morgan fingerprint density at radius 3 is 2.45 bits per heavy atom. The fourth-order valence-electron chi connectivity index (χ4n) is 3.82. The third-order valence-corrected chi connectivity index (χ3v) is 7.30. The predicted molar refractivity (Wildman–Crippen MR) is 108 cm³/mol. The van der Waals surface area contributed by atoms with Crippen molar-refractivity contribution in [3.05, 3.63) is 57.6 Å². The number of fused-ring (bicyclic) bond motifs is 1. The largest absolute Gasteiger partial charge is 0.456 e. The zero-order chi connectivity index (χ0) is 20.4. The fraction of sp³-hybridized carbons (Fsp3) is 0.400. The lowest BCUT2D eigenvalue weighted by Gasteiger charge is -2.27. The van der Waals surface area contributed by atoms with Crippen LogP contribution >= 0.6 is 0 Å². The highest BCUT2D eigenvalue weighted by Gasteiger charge is 2.31. The molecule has 2 aromatic carbocycles. The minimum Gasteiger partial charge on any atom is -0.456 e. The molecule has 1 fully saturated rings. The van der Waals surface area contributed by atoms with E-state index in [-0.39, 0.29) is 16.3 Å². The van der Waals surface area contributed by atoms with Gasteiger partial charge in [0, 0.05) is 38.3 Å². The molecule has 1 heterocycles. The number of hydrogen-bond acceptors (Lipinski definition) is 6. The van der Waals surface area contributed by atoms with Gasteiger partial charge in [0.05, 0.1) is 4.92 Å². The van der Waals surface area contributed by atoms with Gasteiger partial charge >= 0.3 is 0 Å². The van der Waals surface area contributed by atoms with E-state index in [1.165, 1.54) is 34.0 Å². The fourth-order valence-corrected chi connectivity index (χ4v) is 5.40. The summed E-state index contributed by atoms with van der Waals surface area (Å²) in [5, 5.41) is 14.3. The molecule has 0 atom stereocenters. The van der Waals surface area contributed by atoms with Crippen LogP contribution in [0.1, 0.15) is 24.0 Å². The monoisotopic (exact) mass is 417 g/mol. The van der Waals surface area contributed by atoms with Gasteiger partial charge in [0.25, 0.3) is 5.69 Å². The number of non-ortho nitro benzene ring substituents is 1. The molecule has 8 nitrogen and oxygen atoms in total. The van der Waals surface area contributed by atoms with Crippen LogP contribution in [-0.4, -0.2) is 43.8 Å². The molecule has 29 heavy (non-hydrogen) atoms. The maximum absolute atomic E-state index is 13.2. The highest BCUT2D eigenvalue weighted by molar-refractivity contribution is 7.89. The Balaban J connectivity index is 1.72. The number of nitro groups is 1. The lowest BCUT2D eigenvalue weighted by atomic mass is 9.92. The first-order chi connectivity index (χ1) is 13.9. The molecule has 4 rings (SSSR count). The van der Waals surface area contributed by atoms with Crippen LogP contribution in [0.25, 0.3) is 0 Å². The number of nitrogens with zero attached hydrogens (tertiary/aromatic N) is 2. The van der Waals surface area contributed by atoms with E-state index in [1.807, 2.05) is 18.2 Å². The maximum atomic E-state index is 13.2. The average molecular weight is 417 g/mol. The van der Waals surface area contributed by atoms with Gasteiger partial charge in [-0.3, -0.25) is 10.1 Å². The number of aryl methyl sites for hydroxylation is 2. The first-order valence-electron chi connectivity index (χ1n) is 9.74. The number of sulfonamides is 1. The topological polar surface area (TPSA) is 102 Å². The van der Waals surface area contributed by atoms with Gasteiger partial charge in [-0.1, -0.05) is 6.07 Å². The summed E-state index contributed by atoms with van der Waals surface area (Å²) in [6, 6.07) is 9.51. The van der Waals surface area contributed by atoms with Gasteiger partial charge in [-0.15, -0.1) is 0 Å². The van der Waals surface area contributed by atoms with E-state index in [1.54, 1.807) is 0 Å². The summed E-state index contributed by atoms with van der Waals surface area (Å²) in [6.07, 6.45) is 4.30. The molecule has 1 N–H and O–H groups in total. The average Bonchev–Trinajstić information content (AvgIpc) is 2.74. The van der Waals surface area contributed by atoms with Crippen LogP contribution < -0.4 is 10.1 Å². The van der Waals surface area contributed by atoms with Crippen LogP contribution in [0.5, 0.6) is 11.5 Å². The minimum absolute atomic E-state index is 0.102. The van der Waals surface area contributed by atoms with Gasteiger partial charge in [-0.25, -0.2) is 8.42 Å². The van der Waals surface area contributed by atoms with Crippen molar-refractivity contribution in [3.63, 3.8) is 0 Å². The van der Waals surface area contributed by atoms with E-state index in [2.05, 4.69) is 5.32 Å². The summed E-state index contributed by atoms with van der Waals surface area (Å²) in [7, 11) is -3.92. The number of hydrogen-bond donors (Lipinski definition) is 1. The van der Waals surface area contributed by atoms with Crippen molar-refractivity contribution >= 4 is 15.7 Å². The second-order valence-corrected chi connectivity index (χ2v) is 9.19. The van der Waals surface area contributed by atoms with E-state index in [9.17, 15) is 18.5 Å². The van der Waals surface area contributed by atoms with Crippen LogP contribution in [0.4, 0.5) is 5.69 Å². The zero-order valence-electron chi connectivity index (χ0n) is 16.0. The number of piperazine rings is 1. The van der Waals surface area contributed by atoms with Gasteiger partial charge < -0.3 is 10.1 Å². The number of nitrogens with one attached hydrogen (secondary N) is 1. The number of nitro benzene ring substituents is 1. The second kappa shape index (κ2) is 8.10. The third-order valence-electron chi connectivity index (χ3n) is 5.38. The lowest BCUT2D eigenvalue weighted by molar-refractivity contribution is -0.385. The first kappa shape index (κ1) is 19.8. The highest BCUT2D eigenvalue weighted by Crippen LogP contribution is 2.35. The Morgan fingerprint density at radius 1 is 1.00 bits per heavy atom. The van der Waals surface area contributed by atoms with Crippen molar-refractivity contribution in [2.75, 3.05) is 26.2 Å². The smallest absolute Gasteiger partial charge is 0.271 e. The van der Waals surface area contributed by atoms with E-state index in [4.69, 9.17) is 4.74 Å². The number of rotatable bonds is 5. The summed E-state index contributed by atoms with van der Waals surface area (Å²) in [4.78, 5) is 10.5. The van der Waals surface area contributed by atoms with E-state index >= 15 is 0 Å². The molecule has 2 aromatic rings. The summed E-state index contributed by atoms with van der Waals surface area (Å²) in [6.45, 7) is 1.69.